The van der Waals surface area contributed by atoms with E-state index in [0.29, 0.717) is 0 Å². The van der Waals surface area contributed by atoms with Crippen LogP contribution in [0, 0.1) is 24.7 Å². The second-order valence-electron chi connectivity index (χ2n) is 4.33. The second-order valence-corrected chi connectivity index (χ2v) is 6.02. The molecular weight excluding hydrogens is 416 g/mol. The molecule has 0 unspecified atom stereocenters. The number of hydrogen-bond donors (Lipinski definition) is 1. The third-order valence-electron chi connectivity index (χ3n) is 3.05. The van der Waals surface area contributed by atoms with E-state index in [1.165, 1.54) is 25.2 Å². The Morgan fingerprint density at radius 2 is 1.28 bits per heavy atom. The van der Waals surface area contributed by atoms with Gasteiger partial charge in [0, 0.05) is 0 Å². The maximum atomic E-state index is 5.71. The van der Waals surface area contributed by atoms with E-state index in [-0.39, 0.29) is 0 Å². The van der Waals surface area contributed by atoms with Crippen molar-refractivity contribution in [2.45, 2.75) is 0 Å². The van der Waals surface area contributed by atoms with Gasteiger partial charge in [-0.15, -0.1) is 0 Å². The molecule has 0 aliphatic rings. The normalized spacial score (nSPS) is 10.7. The van der Waals surface area contributed by atoms with Crippen molar-refractivity contribution in [3.8, 4) is 11.1 Å². The predicted octanol–water partition coefficient (Wildman–Crippen LogP) is 3.26. The molecule has 0 saturated heterocycles. The summed E-state index contributed by atoms with van der Waals surface area (Å²) in [7, 11) is 0. The first kappa shape index (κ1) is 11.7. The molecule has 0 atom stereocenters. The standard InChI is InChI=1S/C16H12AtN/c17-15-6-3-13-9-12(1-2-14(13)10-15)11-4-7-16(18)8-5-11/h1-10H,18H2. The number of nitrogen functional groups attached to an aromatic ring is 1. The zero-order valence-electron chi connectivity index (χ0n) is 9.73. The summed E-state index contributed by atoms with van der Waals surface area (Å²) in [5.41, 5.74) is 8.95. The summed E-state index contributed by atoms with van der Waals surface area (Å²) in [4.78, 5) is 0. The van der Waals surface area contributed by atoms with Crippen LogP contribution in [0.4, 0.5) is 5.69 Å². The molecule has 0 aromatic heterocycles. The Labute approximate surface area is 121 Å². The van der Waals surface area contributed by atoms with Crippen molar-refractivity contribution in [2.24, 2.45) is 0 Å². The van der Waals surface area contributed by atoms with Gasteiger partial charge < -0.3 is 0 Å². The molecule has 0 aliphatic carbocycles. The molecule has 0 fully saturated rings. The number of fused-ring (bicyclic) bond motifs is 1. The molecule has 0 bridgehead atoms. The average Bonchev–Trinajstić information content (AvgIpc) is 2.39. The van der Waals surface area contributed by atoms with E-state index in [9.17, 15) is 0 Å². The van der Waals surface area contributed by atoms with E-state index in [0.717, 1.165) is 5.69 Å². The van der Waals surface area contributed by atoms with Crippen LogP contribution in [0.25, 0.3) is 21.9 Å². The van der Waals surface area contributed by atoms with Crippen molar-refractivity contribution in [1.82, 2.24) is 0 Å². The Balaban J connectivity index is 2.13. The van der Waals surface area contributed by atoms with Gasteiger partial charge in [-0.1, -0.05) is 0 Å². The zero-order chi connectivity index (χ0) is 12.5. The van der Waals surface area contributed by atoms with Crippen LogP contribution in [0.3, 0.4) is 0 Å². The molecule has 0 aliphatic heterocycles. The van der Waals surface area contributed by atoms with Crippen LogP contribution < -0.4 is 9.01 Å². The average molecular weight is 428 g/mol. The van der Waals surface area contributed by atoms with E-state index >= 15 is 0 Å². The Kier molecular flexibility index (Phi) is 3.05. The van der Waals surface area contributed by atoms with Crippen molar-refractivity contribution in [1.29, 1.82) is 0 Å². The van der Waals surface area contributed by atoms with Gasteiger partial charge in [0.15, 0.2) is 0 Å². The van der Waals surface area contributed by atoms with Crippen LogP contribution in [0.5, 0.6) is 0 Å². The van der Waals surface area contributed by atoms with Gasteiger partial charge in [0.1, 0.15) is 0 Å². The Bertz CT molecular complexity index is 702. The second kappa shape index (κ2) is 4.70. The minimum atomic E-state index is 0.803. The van der Waals surface area contributed by atoms with Gasteiger partial charge in [0.2, 0.25) is 0 Å². The fraction of sp³-hybridized carbons (Fsp3) is 0. The van der Waals surface area contributed by atoms with E-state index < -0.39 is 0 Å². The Morgan fingerprint density at radius 3 is 2.06 bits per heavy atom. The summed E-state index contributed by atoms with van der Waals surface area (Å²) < 4.78 is 1.35. The molecule has 1 nitrogen and oxygen atoms in total. The van der Waals surface area contributed by atoms with Crippen LogP contribution >= 0.6 is 0 Å². The van der Waals surface area contributed by atoms with E-state index in [2.05, 4.69) is 48.5 Å². The molecule has 0 heterocycles. The summed E-state index contributed by atoms with van der Waals surface area (Å²) in [5.74, 6) is 0. The molecule has 3 rings (SSSR count). The summed E-state index contributed by atoms with van der Waals surface area (Å²) in [5, 5.41) is 2.58. The van der Waals surface area contributed by atoms with Crippen molar-refractivity contribution < 1.29 is 24.7 Å². The third kappa shape index (κ3) is 2.26. The van der Waals surface area contributed by atoms with E-state index in [4.69, 9.17) is 5.73 Å². The molecule has 3 aromatic rings. The van der Waals surface area contributed by atoms with E-state index in [1.54, 1.807) is 24.7 Å². The Hall–Kier alpha value is -1.40. The molecule has 2 heteroatoms. The SMILES string of the molecule is Nc1ccc(-c2ccc3cc([At])ccc3c2)cc1. The molecule has 18 heavy (non-hydrogen) atoms. The first-order valence-electron chi connectivity index (χ1n) is 5.78. The third-order valence-corrected chi connectivity index (χ3v) is 3.96. The van der Waals surface area contributed by atoms with Crippen molar-refractivity contribution in [2.75, 3.05) is 5.73 Å². The van der Waals surface area contributed by atoms with E-state index in [1.807, 2.05) is 12.1 Å². The van der Waals surface area contributed by atoms with Crippen molar-refractivity contribution >= 4 is 19.7 Å². The van der Waals surface area contributed by atoms with Gasteiger partial charge in [-0.3, -0.25) is 0 Å². The molecule has 3 aromatic carbocycles. The van der Waals surface area contributed by atoms with Crippen LogP contribution in [0.15, 0.2) is 60.7 Å². The minimum absolute atomic E-state index is 0.803. The first-order chi connectivity index (χ1) is 8.72. The van der Waals surface area contributed by atoms with Gasteiger partial charge in [-0.25, -0.2) is 0 Å². The monoisotopic (exact) mass is 428 g/mol. The fourth-order valence-corrected chi connectivity index (χ4v) is 2.77. The summed E-state index contributed by atoms with van der Waals surface area (Å²) >= 11 is 1.71. The maximum absolute atomic E-state index is 5.71. The molecule has 0 saturated carbocycles. The fourth-order valence-electron chi connectivity index (χ4n) is 2.07. The quantitative estimate of drug-likeness (QED) is 0.592. The van der Waals surface area contributed by atoms with Gasteiger partial charge in [0.25, 0.3) is 0 Å². The van der Waals surface area contributed by atoms with Gasteiger partial charge in [-0.2, -0.15) is 0 Å². The van der Waals surface area contributed by atoms with Gasteiger partial charge in [0.05, 0.1) is 0 Å². The van der Waals surface area contributed by atoms with Crippen LogP contribution in [0.1, 0.15) is 0 Å². The van der Waals surface area contributed by atoms with Crippen molar-refractivity contribution in [3.05, 3.63) is 60.7 Å². The number of benzene rings is 3. The number of hydrogen-bond acceptors (Lipinski definition) is 1. The van der Waals surface area contributed by atoms with Crippen LogP contribution in [-0.2, 0) is 0 Å². The van der Waals surface area contributed by atoms with Gasteiger partial charge >= 0.3 is 122 Å². The summed E-state index contributed by atoms with van der Waals surface area (Å²) in [6.45, 7) is 0. The van der Waals surface area contributed by atoms with Crippen LogP contribution in [-0.4, -0.2) is 0 Å². The number of anilines is 1. The first-order valence-corrected chi connectivity index (χ1v) is 7.24. The molecular formula is C16H12AtN. The van der Waals surface area contributed by atoms with Crippen molar-refractivity contribution in [3.63, 3.8) is 0 Å². The zero-order valence-corrected chi connectivity index (χ0v) is 12.7. The molecule has 0 amide bonds. The van der Waals surface area contributed by atoms with Crippen LogP contribution in [0.2, 0.25) is 0 Å². The summed E-state index contributed by atoms with van der Waals surface area (Å²) in [6.07, 6.45) is 0. The number of rotatable bonds is 1. The van der Waals surface area contributed by atoms with Gasteiger partial charge in [-0.05, 0) is 0 Å². The molecule has 0 spiro atoms. The Morgan fingerprint density at radius 1 is 0.667 bits per heavy atom. The topological polar surface area (TPSA) is 26.0 Å². The number of nitrogens with two attached hydrogens (primary N) is 1. The molecule has 88 valence electrons. The molecule has 2 N–H and O–H groups in total. The molecule has 0 radical (unpaired) electrons. The summed E-state index contributed by atoms with van der Waals surface area (Å²) in [6, 6.07) is 21.2. The predicted molar refractivity (Wildman–Crippen MR) is 73.4 cm³/mol.